The Labute approximate surface area is 96.2 Å². The highest BCUT2D eigenvalue weighted by Gasteiger charge is 2.18. The third-order valence-electron chi connectivity index (χ3n) is 2.79. The Hall–Kier alpha value is -1.69. The molecule has 1 saturated heterocycles. The number of anilines is 1. The molecular weight excluding hydrogens is 228 g/mol. The molecule has 0 aliphatic carbocycles. The second-order valence-corrected chi connectivity index (χ2v) is 3.97. The summed E-state index contributed by atoms with van der Waals surface area (Å²) in [4.78, 5) is 6.02. The van der Waals surface area contributed by atoms with E-state index in [-0.39, 0.29) is 11.1 Å². The first-order chi connectivity index (χ1) is 8.24. The lowest BCUT2D eigenvalue weighted by molar-refractivity contribution is 0.503. The van der Waals surface area contributed by atoms with Crippen molar-refractivity contribution in [3.05, 3.63) is 23.8 Å². The van der Waals surface area contributed by atoms with Gasteiger partial charge in [0.05, 0.1) is 0 Å². The van der Waals surface area contributed by atoms with Crippen LogP contribution in [-0.2, 0) is 0 Å². The molecule has 1 fully saturated rings. The zero-order valence-electron chi connectivity index (χ0n) is 9.04. The SMILES string of the molecule is Fc1cc(F)c2oc(N3CCNCC3)nc2c1. The highest BCUT2D eigenvalue weighted by atomic mass is 19.1. The van der Waals surface area contributed by atoms with Gasteiger partial charge in [0.2, 0.25) is 0 Å². The predicted octanol–water partition coefficient (Wildman–Crippen LogP) is 1.52. The van der Waals surface area contributed by atoms with Crippen LogP contribution in [0.2, 0.25) is 0 Å². The fourth-order valence-corrected chi connectivity index (χ4v) is 1.94. The summed E-state index contributed by atoms with van der Waals surface area (Å²) in [6, 6.07) is 2.33. The summed E-state index contributed by atoms with van der Waals surface area (Å²) >= 11 is 0. The Kier molecular flexibility index (Phi) is 2.44. The Balaban J connectivity index is 2.03. The average Bonchev–Trinajstić information content (AvgIpc) is 2.74. The van der Waals surface area contributed by atoms with Crippen molar-refractivity contribution in [1.82, 2.24) is 10.3 Å². The molecule has 0 amide bonds. The molecule has 17 heavy (non-hydrogen) atoms. The van der Waals surface area contributed by atoms with Gasteiger partial charge in [0.15, 0.2) is 11.4 Å². The molecule has 0 saturated carbocycles. The summed E-state index contributed by atoms with van der Waals surface area (Å²) < 4.78 is 31.8. The molecule has 0 bridgehead atoms. The molecule has 90 valence electrons. The number of aromatic nitrogens is 1. The summed E-state index contributed by atoms with van der Waals surface area (Å²) in [6.07, 6.45) is 0. The molecule has 4 nitrogen and oxygen atoms in total. The van der Waals surface area contributed by atoms with Gasteiger partial charge in [0, 0.05) is 38.3 Å². The van der Waals surface area contributed by atoms with E-state index in [1.807, 2.05) is 4.90 Å². The van der Waals surface area contributed by atoms with Crippen molar-refractivity contribution in [2.45, 2.75) is 0 Å². The Bertz CT molecular complexity index is 549. The third-order valence-corrected chi connectivity index (χ3v) is 2.79. The molecule has 0 radical (unpaired) electrons. The number of rotatable bonds is 1. The van der Waals surface area contributed by atoms with Gasteiger partial charge in [-0.3, -0.25) is 0 Å². The number of oxazole rings is 1. The summed E-state index contributed by atoms with van der Waals surface area (Å²) in [6.45, 7) is 3.15. The molecular formula is C11H11F2N3O. The molecule has 0 atom stereocenters. The van der Waals surface area contributed by atoms with E-state index in [9.17, 15) is 8.78 Å². The second kappa shape index (κ2) is 3.96. The highest BCUT2D eigenvalue weighted by Crippen LogP contribution is 2.25. The van der Waals surface area contributed by atoms with Crippen LogP contribution in [0.5, 0.6) is 0 Å². The van der Waals surface area contributed by atoms with Crippen molar-refractivity contribution < 1.29 is 13.2 Å². The summed E-state index contributed by atoms with van der Waals surface area (Å²) in [5, 5.41) is 3.19. The van der Waals surface area contributed by atoms with E-state index in [0.717, 1.165) is 32.2 Å². The molecule has 1 aliphatic rings. The lowest BCUT2D eigenvalue weighted by Crippen LogP contribution is -2.43. The monoisotopic (exact) mass is 239 g/mol. The number of nitrogens with zero attached hydrogens (tertiary/aromatic N) is 2. The molecule has 1 aliphatic heterocycles. The van der Waals surface area contributed by atoms with Gasteiger partial charge in [-0.1, -0.05) is 0 Å². The van der Waals surface area contributed by atoms with Crippen LogP contribution in [-0.4, -0.2) is 31.2 Å². The molecule has 1 aromatic heterocycles. The highest BCUT2D eigenvalue weighted by molar-refractivity contribution is 5.75. The Morgan fingerprint density at radius 3 is 2.76 bits per heavy atom. The van der Waals surface area contributed by atoms with Crippen LogP contribution < -0.4 is 10.2 Å². The van der Waals surface area contributed by atoms with Gasteiger partial charge < -0.3 is 14.6 Å². The Morgan fingerprint density at radius 1 is 1.24 bits per heavy atom. The molecule has 1 aromatic carbocycles. The van der Waals surface area contributed by atoms with Crippen LogP contribution in [0.25, 0.3) is 11.1 Å². The number of hydrogen-bond donors (Lipinski definition) is 1. The maximum Gasteiger partial charge on any atom is 0.298 e. The first-order valence-electron chi connectivity index (χ1n) is 5.45. The molecule has 0 unspecified atom stereocenters. The van der Waals surface area contributed by atoms with E-state index < -0.39 is 11.6 Å². The van der Waals surface area contributed by atoms with E-state index in [2.05, 4.69) is 10.3 Å². The molecule has 2 heterocycles. The zero-order valence-corrected chi connectivity index (χ0v) is 9.04. The zero-order chi connectivity index (χ0) is 11.8. The maximum atomic E-state index is 13.4. The summed E-state index contributed by atoms with van der Waals surface area (Å²) in [5.74, 6) is -1.36. The van der Waals surface area contributed by atoms with Crippen LogP contribution in [0.3, 0.4) is 0 Å². The summed E-state index contributed by atoms with van der Waals surface area (Å²) in [5.41, 5.74) is 0.232. The van der Waals surface area contributed by atoms with Crippen LogP contribution in [0.1, 0.15) is 0 Å². The molecule has 3 rings (SSSR count). The van der Waals surface area contributed by atoms with Gasteiger partial charge in [-0.2, -0.15) is 4.98 Å². The lowest BCUT2D eigenvalue weighted by Gasteiger charge is -2.25. The lowest BCUT2D eigenvalue weighted by atomic mass is 10.3. The van der Waals surface area contributed by atoms with E-state index in [1.54, 1.807) is 0 Å². The van der Waals surface area contributed by atoms with Crippen molar-refractivity contribution in [1.29, 1.82) is 0 Å². The molecule has 6 heteroatoms. The largest absolute Gasteiger partial charge is 0.420 e. The van der Waals surface area contributed by atoms with E-state index in [1.165, 1.54) is 6.07 Å². The van der Waals surface area contributed by atoms with Gasteiger partial charge in [0.25, 0.3) is 6.01 Å². The van der Waals surface area contributed by atoms with Gasteiger partial charge in [0.1, 0.15) is 11.3 Å². The molecule has 2 aromatic rings. The van der Waals surface area contributed by atoms with Gasteiger partial charge in [-0.15, -0.1) is 0 Å². The van der Waals surface area contributed by atoms with E-state index in [0.29, 0.717) is 6.01 Å². The van der Waals surface area contributed by atoms with Crippen molar-refractivity contribution >= 4 is 17.1 Å². The first-order valence-corrected chi connectivity index (χ1v) is 5.45. The van der Waals surface area contributed by atoms with Crippen LogP contribution in [0.4, 0.5) is 14.8 Å². The number of nitrogens with one attached hydrogen (secondary N) is 1. The number of benzene rings is 1. The topological polar surface area (TPSA) is 41.3 Å². The van der Waals surface area contributed by atoms with Crippen LogP contribution in [0, 0.1) is 11.6 Å². The maximum absolute atomic E-state index is 13.4. The third kappa shape index (κ3) is 1.84. The fraction of sp³-hybridized carbons (Fsp3) is 0.364. The average molecular weight is 239 g/mol. The van der Waals surface area contributed by atoms with Crippen molar-refractivity contribution in [2.75, 3.05) is 31.1 Å². The standard InChI is InChI=1S/C11H11F2N3O/c12-7-5-8(13)10-9(6-7)15-11(17-10)16-3-1-14-2-4-16/h5-6,14H,1-4H2. The number of fused-ring (bicyclic) bond motifs is 1. The first kappa shape index (κ1) is 10.5. The smallest absolute Gasteiger partial charge is 0.298 e. The van der Waals surface area contributed by atoms with Crippen LogP contribution >= 0.6 is 0 Å². The predicted molar refractivity (Wildman–Crippen MR) is 59.0 cm³/mol. The second-order valence-electron chi connectivity index (χ2n) is 3.97. The number of hydrogen-bond acceptors (Lipinski definition) is 4. The normalized spacial score (nSPS) is 16.7. The molecule has 1 N–H and O–H groups in total. The van der Waals surface area contributed by atoms with Gasteiger partial charge in [-0.25, -0.2) is 8.78 Å². The quantitative estimate of drug-likeness (QED) is 0.819. The van der Waals surface area contributed by atoms with E-state index in [4.69, 9.17) is 4.42 Å². The number of piperazine rings is 1. The van der Waals surface area contributed by atoms with E-state index >= 15 is 0 Å². The van der Waals surface area contributed by atoms with Crippen molar-refractivity contribution in [3.63, 3.8) is 0 Å². The minimum atomic E-state index is -0.714. The van der Waals surface area contributed by atoms with Gasteiger partial charge >= 0.3 is 0 Å². The summed E-state index contributed by atoms with van der Waals surface area (Å²) in [7, 11) is 0. The number of halogens is 2. The molecule has 0 spiro atoms. The fourth-order valence-electron chi connectivity index (χ4n) is 1.94. The minimum Gasteiger partial charge on any atom is -0.420 e. The van der Waals surface area contributed by atoms with Crippen molar-refractivity contribution in [3.8, 4) is 0 Å². The van der Waals surface area contributed by atoms with Crippen LogP contribution in [0.15, 0.2) is 16.5 Å². The van der Waals surface area contributed by atoms with Crippen molar-refractivity contribution in [2.24, 2.45) is 0 Å². The minimum absolute atomic E-state index is 0.0138. The Morgan fingerprint density at radius 2 is 2.00 bits per heavy atom. The van der Waals surface area contributed by atoms with Gasteiger partial charge in [-0.05, 0) is 0 Å².